The number of phenols is 1. The zero-order valence-electron chi connectivity index (χ0n) is 7.16. The average Bonchev–Trinajstić information content (AvgIpc) is 2.91. The van der Waals surface area contributed by atoms with Crippen molar-refractivity contribution in [1.29, 1.82) is 0 Å². The number of aromatic hydroxyl groups is 1. The van der Waals surface area contributed by atoms with Crippen molar-refractivity contribution in [1.82, 2.24) is 0 Å². The normalized spacial score (nSPS) is 15.4. The first-order chi connectivity index (χ1) is 6.25. The van der Waals surface area contributed by atoms with Crippen molar-refractivity contribution in [2.45, 2.75) is 12.8 Å². The first kappa shape index (κ1) is 8.10. The fourth-order valence-electron chi connectivity index (χ4n) is 1.13. The van der Waals surface area contributed by atoms with E-state index in [0.29, 0.717) is 0 Å². The molecule has 0 heterocycles. The zero-order valence-corrected chi connectivity index (χ0v) is 7.16. The van der Waals surface area contributed by atoms with Crippen LogP contribution < -0.4 is 5.32 Å². The Bertz CT molecular complexity index is 314. The molecule has 0 aromatic heterocycles. The Balaban J connectivity index is 2.00. The van der Waals surface area contributed by atoms with Gasteiger partial charge in [0.2, 0.25) is 5.91 Å². The molecule has 68 valence electrons. The molecule has 1 fully saturated rings. The summed E-state index contributed by atoms with van der Waals surface area (Å²) in [5.74, 6) is 0.518. The summed E-state index contributed by atoms with van der Waals surface area (Å²) in [6.07, 6.45) is 2.01. The van der Waals surface area contributed by atoms with Crippen LogP contribution in [-0.4, -0.2) is 11.0 Å². The van der Waals surface area contributed by atoms with Gasteiger partial charge in [-0.3, -0.25) is 4.79 Å². The van der Waals surface area contributed by atoms with E-state index in [1.165, 1.54) is 0 Å². The molecule has 1 saturated carbocycles. The molecule has 0 aliphatic heterocycles. The highest BCUT2D eigenvalue weighted by atomic mass is 16.3. The fourth-order valence-corrected chi connectivity index (χ4v) is 1.13. The summed E-state index contributed by atoms with van der Waals surface area (Å²) in [6, 6.07) is 6.50. The molecule has 1 aliphatic rings. The maximum atomic E-state index is 11.3. The second-order valence-electron chi connectivity index (χ2n) is 3.31. The van der Waals surface area contributed by atoms with E-state index >= 15 is 0 Å². The summed E-state index contributed by atoms with van der Waals surface area (Å²) in [5.41, 5.74) is 0.745. The van der Waals surface area contributed by atoms with E-state index in [0.717, 1.165) is 18.5 Å². The summed E-state index contributed by atoms with van der Waals surface area (Å²) >= 11 is 0. The van der Waals surface area contributed by atoms with E-state index in [9.17, 15) is 4.79 Å². The third-order valence-corrected chi connectivity index (χ3v) is 2.08. The van der Waals surface area contributed by atoms with Crippen LogP contribution in [-0.2, 0) is 4.79 Å². The molecule has 1 aromatic carbocycles. The molecule has 0 bridgehead atoms. The molecule has 0 atom stereocenters. The summed E-state index contributed by atoms with van der Waals surface area (Å²) in [5, 5.41) is 11.8. The third-order valence-electron chi connectivity index (χ3n) is 2.08. The number of anilines is 1. The van der Waals surface area contributed by atoms with Crippen LogP contribution in [0.3, 0.4) is 0 Å². The van der Waals surface area contributed by atoms with Gasteiger partial charge in [0.15, 0.2) is 0 Å². The van der Waals surface area contributed by atoms with Crippen molar-refractivity contribution in [3.8, 4) is 5.75 Å². The van der Waals surface area contributed by atoms with E-state index in [4.69, 9.17) is 5.11 Å². The number of amides is 1. The molecule has 0 spiro atoms. The molecule has 0 unspecified atom stereocenters. The van der Waals surface area contributed by atoms with Crippen molar-refractivity contribution in [2.75, 3.05) is 5.32 Å². The Kier molecular flexibility index (Phi) is 1.93. The van der Waals surface area contributed by atoms with Crippen molar-refractivity contribution in [2.24, 2.45) is 5.92 Å². The number of hydrogen-bond acceptors (Lipinski definition) is 2. The van der Waals surface area contributed by atoms with E-state index in [1.54, 1.807) is 24.3 Å². The van der Waals surface area contributed by atoms with E-state index in [2.05, 4.69) is 5.32 Å². The SMILES string of the molecule is O=C(Nc1ccc(O)cc1)C1CC1. The topological polar surface area (TPSA) is 49.3 Å². The van der Waals surface area contributed by atoms with Gasteiger partial charge in [-0.25, -0.2) is 0 Å². The van der Waals surface area contributed by atoms with Gasteiger partial charge in [-0.15, -0.1) is 0 Å². The van der Waals surface area contributed by atoms with E-state index in [-0.39, 0.29) is 17.6 Å². The van der Waals surface area contributed by atoms with Crippen LogP contribution in [0, 0.1) is 5.92 Å². The highest BCUT2D eigenvalue weighted by Gasteiger charge is 2.29. The molecular formula is C10H11NO2. The van der Waals surface area contributed by atoms with Crippen molar-refractivity contribution in [3.63, 3.8) is 0 Å². The quantitative estimate of drug-likeness (QED) is 0.676. The van der Waals surface area contributed by atoms with Gasteiger partial charge in [0.05, 0.1) is 0 Å². The highest BCUT2D eigenvalue weighted by Crippen LogP contribution is 2.30. The van der Waals surface area contributed by atoms with Gasteiger partial charge in [-0.05, 0) is 37.1 Å². The summed E-state index contributed by atoms with van der Waals surface area (Å²) in [4.78, 5) is 11.3. The Morgan fingerprint density at radius 3 is 2.46 bits per heavy atom. The number of hydrogen-bond donors (Lipinski definition) is 2. The standard InChI is InChI=1S/C10H11NO2/c12-9-5-3-8(4-6-9)11-10(13)7-1-2-7/h3-7,12H,1-2H2,(H,11,13). The molecule has 13 heavy (non-hydrogen) atoms. The molecule has 1 amide bonds. The second kappa shape index (κ2) is 3.09. The molecule has 3 nitrogen and oxygen atoms in total. The smallest absolute Gasteiger partial charge is 0.227 e. The molecular weight excluding hydrogens is 166 g/mol. The monoisotopic (exact) mass is 177 g/mol. The second-order valence-corrected chi connectivity index (χ2v) is 3.31. The lowest BCUT2D eigenvalue weighted by Gasteiger charge is -2.03. The van der Waals surface area contributed by atoms with Gasteiger partial charge in [0, 0.05) is 11.6 Å². The number of carbonyl (C=O) groups excluding carboxylic acids is 1. The average molecular weight is 177 g/mol. The Hall–Kier alpha value is -1.51. The van der Waals surface area contributed by atoms with Crippen LogP contribution in [0.2, 0.25) is 0 Å². The van der Waals surface area contributed by atoms with Crippen molar-refractivity contribution < 1.29 is 9.90 Å². The number of rotatable bonds is 2. The predicted molar refractivity (Wildman–Crippen MR) is 49.5 cm³/mol. The number of phenolic OH excluding ortho intramolecular Hbond substituents is 1. The van der Waals surface area contributed by atoms with E-state index in [1.807, 2.05) is 0 Å². The predicted octanol–water partition coefficient (Wildman–Crippen LogP) is 1.74. The Morgan fingerprint density at radius 2 is 1.92 bits per heavy atom. The maximum Gasteiger partial charge on any atom is 0.227 e. The minimum absolute atomic E-state index is 0.0886. The lowest BCUT2D eigenvalue weighted by molar-refractivity contribution is -0.117. The molecule has 2 rings (SSSR count). The van der Waals surface area contributed by atoms with Crippen LogP contribution in [0.4, 0.5) is 5.69 Å². The molecule has 1 aliphatic carbocycles. The van der Waals surface area contributed by atoms with Crippen LogP contribution >= 0.6 is 0 Å². The van der Waals surface area contributed by atoms with E-state index < -0.39 is 0 Å². The van der Waals surface area contributed by atoms with Crippen molar-refractivity contribution in [3.05, 3.63) is 24.3 Å². The van der Waals surface area contributed by atoms with Gasteiger partial charge in [-0.2, -0.15) is 0 Å². The molecule has 0 saturated heterocycles. The lowest BCUT2D eigenvalue weighted by Crippen LogP contribution is -2.12. The first-order valence-electron chi connectivity index (χ1n) is 4.35. The summed E-state index contributed by atoms with van der Waals surface area (Å²) in [6.45, 7) is 0. The van der Waals surface area contributed by atoms with Crippen LogP contribution in [0.15, 0.2) is 24.3 Å². The van der Waals surface area contributed by atoms with Crippen LogP contribution in [0.5, 0.6) is 5.75 Å². The molecule has 3 heteroatoms. The first-order valence-corrected chi connectivity index (χ1v) is 4.35. The van der Waals surface area contributed by atoms with Gasteiger partial charge >= 0.3 is 0 Å². The number of carbonyl (C=O) groups is 1. The van der Waals surface area contributed by atoms with Gasteiger partial charge in [-0.1, -0.05) is 0 Å². The highest BCUT2D eigenvalue weighted by molar-refractivity contribution is 5.94. The van der Waals surface area contributed by atoms with Gasteiger partial charge in [0.1, 0.15) is 5.75 Å². The molecule has 0 radical (unpaired) electrons. The molecule has 1 aromatic rings. The number of benzene rings is 1. The minimum atomic E-state index is 0.0886. The maximum absolute atomic E-state index is 11.3. The van der Waals surface area contributed by atoms with Crippen LogP contribution in [0.25, 0.3) is 0 Å². The van der Waals surface area contributed by atoms with Crippen molar-refractivity contribution >= 4 is 11.6 Å². The molecule has 2 N–H and O–H groups in total. The summed E-state index contributed by atoms with van der Waals surface area (Å²) in [7, 11) is 0. The number of nitrogens with one attached hydrogen (secondary N) is 1. The Morgan fingerprint density at radius 1 is 1.31 bits per heavy atom. The zero-order chi connectivity index (χ0) is 9.26. The van der Waals surface area contributed by atoms with Gasteiger partial charge < -0.3 is 10.4 Å². The minimum Gasteiger partial charge on any atom is -0.508 e. The van der Waals surface area contributed by atoms with Crippen LogP contribution in [0.1, 0.15) is 12.8 Å². The largest absolute Gasteiger partial charge is 0.508 e. The third kappa shape index (κ3) is 1.99. The Labute approximate surface area is 76.4 Å². The fraction of sp³-hybridized carbons (Fsp3) is 0.300. The van der Waals surface area contributed by atoms with Gasteiger partial charge in [0.25, 0.3) is 0 Å². The summed E-state index contributed by atoms with van der Waals surface area (Å²) < 4.78 is 0. The lowest BCUT2D eigenvalue weighted by atomic mass is 10.3.